The second-order valence-electron chi connectivity index (χ2n) is 2.73. The normalized spacial score (nSPS) is 9.73. The van der Waals surface area contributed by atoms with E-state index in [4.69, 9.17) is 9.47 Å². The fourth-order valence-electron chi connectivity index (χ4n) is 1.05. The number of carbonyl (C=O) groups excluding carboxylic acids is 2. The predicted octanol–water partition coefficient (Wildman–Crippen LogP) is 1.37. The zero-order valence-corrected chi connectivity index (χ0v) is 8.70. The van der Waals surface area contributed by atoms with Gasteiger partial charge in [-0.15, -0.1) is 0 Å². The lowest BCUT2D eigenvalue weighted by molar-refractivity contribution is 0.0516. The summed E-state index contributed by atoms with van der Waals surface area (Å²) in [5, 5.41) is 0. The van der Waals surface area contributed by atoms with Gasteiger partial charge in [0.1, 0.15) is 11.4 Å². The number of esters is 2. The molecule has 0 aliphatic carbocycles. The van der Waals surface area contributed by atoms with Gasteiger partial charge in [0.25, 0.3) is 0 Å². The van der Waals surface area contributed by atoms with Crippen LogP contribution in [0.3, 0.4) is 0 Å². The second kappa shape index (κ2) is 5.19. The third-order valence-electron chi connectivity index (χ3n) is 1.68. The van der Waals surface area contributed by atoms with Gasteiger partial charge < -0.3 is 14.5 Å². The Kier molecular flexibility index (Phi) is 3.91. The smallest absolute Gasteiger partial charge is 0.354 e. The third kappa shape index (κ3) is 2.83. The van der Waals surface area contributed by atoms with Gasteiger partial charge in [-0.1, -0.05) is 0 Å². The third-order valence-corrected chi connectivity index (χ3v) is 1.68. The summed E-state index contributed by atoms with van der Waals surface area (Å²) in [6.07, 6.45) is 0. The Bertz CT molecular complexity index is 324. The van der Waals surface area contributed by atoms with E-state index in [2.05, 4.69) is 4.98 Å². The Morgan fingerprint density at radius 1 is 1.07 bits per heavy atom. The van der Waals surface area contributed by atoms with E-state index in [1.165, 1.54) is 12.1 Å². The molecule has 5 heteroatoms. The lowest BCUT2D eigenvalue weighted by Crippen LogP contribution is -2.08. The molecular formula is C10H13NO4. The molecule has 0 aromatic carbocycles. The number of H-pyrrole nitrogens is 1. The van der Waals surface area contributed by atoms with Gasteiger partial charge in [0, 0.05) is 0 Å². The molecule has 0 saturated carbocycles. The summed E-state index contributed by atoms with van der Waals surface area (Å²) in [6, 6.07) is 2.98. The van der Waals surface area contributed by atoms with Crippen molar-refractivity contribution in [3.8, 4) is 0 Å². The molecule has 15 heavy (non-hydrogen) atoms. The largest absolute Gasteiger partial charge is 0.461 e. The highest BCUT2D eigenvalue weighted by Gasteiger charge is 2.13. The number of carbonyl (C=O) groups is 2. The molecule has 1 heterocycles. The van der Waals surface area contributed by atoms with Crippen molar-refractivity contribution in [2.75, 3.05) is 13.2 Å². The number of ether oxygens (including phenoxy) is 2. The number of nitrogens with one attached hydrogen (secondary N) is 1. The number of hydrogen-bond acceptors (Lipinski definition) is 4. The molecule has 0 aliphatic heterocycles. The maximum atomic E-state index is 11.2. The van der Waals surface area contributed by atoms with Crippen LogP contribution in [0.5, 0.6) is 0 Å². The zero-order chi connectivity index (χ0) is 11.3. The van der Waals surface area contributed by atoms with Crippen LogP contribution in [-0.2, 0) is 9.47 Å². The van der Waals surface area contributed by atoms with Gasteiger partial charge in [-0.3, -0.25) is 0 Å². The molecule has 1 rings (SSSR count). The molecular weight excluding hydrogens is 198 g/mol. The molecule has 0 fully saturated rings. The van der Waals surface area contributed by atoms with Crippen molar-refractivity contribution in [1.29, 1.82) is 0 Å². The Morgan fingerprint density at radius 3 is 1.80 bits per heavy atom. The lowest BCUT2D eigenvalue weighted by atomic mass is 10.4. The van der Waals surface area contributed by atoms with Crippen LogP contribution >= 0.6 is 0 Å². The minimum Gasteiger partial charge on any atom is -0.461 e. The van der Waals surface area contributed by atoms with Gasteiger partial charge in [0.15, 0.2) is 0 Å². The van der Waals surface area contributed by atoms with E-state index < -0.39 is 11.9 Å². The monoisotopic (exact) mass is 211 g/mol. The Hall–Kier alpha value is -1.78. The maximum absolute atomic E-state index is 11.2. The zero-order valence-electron chi connectivity index (χ0n) is 8.70. The Labute approximate surface area is 87.4 Å². The van der Waals surface area contributed by atoms with Crippen molar-refractivity contribution in [3.63, 3.8) is 0 Å². The lowest BCUT2D eigenvalue weighted by Gasteiger charge is -1.99. The highest BCUT2D eigenvalue weighted by atomic mass is 16.5. The number of aromatic amines is 1. The summed E-state index contributed by atoms with van der Waals surface area (Å²) in [5.74, 6) is -0.957. The highest BCUT2D eigenvalue weighted by molar-refractivity contribution is 5.92. The summed E-state index contributed by atoms with van der Waals surface area (Å²) < 4.78 is 9.52. The van der Waals surface area contributed by atoms with E-state index in [9.17, 15) is 9.59 Å². The maximum Gasteiger partial charge on any atom is 0.354 e. The number of hydrogen-bond donors (Lipinski definition) is 1. The average Bonchev–Trinajstić information content (AvgIpc) is 2.67. The van der Waals surface area contributed by atoms with Crippen LogP contribution in [0.4, 0.5) is 0 Å². The Balaban J connectivity index is 2.71. The standard InChI is InChI=1S/C10H13NO4/c1-3-14-9(12)7-5-6-8(11-7)10(13)15-4-2/h5-6,11H,3-4H2,1-2H3. The van der Waals surface area contributed by atoms with Crippen LogP contribution < -0.4 is 0 Å². The summed E-state index contributed by atoms with van der Waals surface area (Å²) in [5.41, 5.74) is 0.500. The van der Waals surface area contributed by atoms with E-state index in [0.717, 1.165) is 0 Å². The van der Waals surface area contributed by atoms with Crippen molar-refractivity contribution < 1.29 is 19.1 Å². The minimum absolute atomic E-state index is 0.250. The fourth-order valence-corrected chi connectivity index (χ4v) is 1.05. The van der Waals surface area contributed by atoms with E-state index >= 15 is 0 Å². The minimum atomic E-state index is -0.479. The van der Waals surface area contributed by atoms with E-state index in [1.54, 1.807) is 13.8 Å². The molecule has 5 nitrogen and oxygen atoms in total. The van der Waals surface area contributed by atoms with Crippen LogP contribution in [-0.4, -0.2) is 30.1 Å². The topological polar surface area (TPSA) is 68.4 Å². The SMILES string of the molecule is CCOC(=O)c1ccc(C(=O)OCC)[nH]1. The van der Waals surface area contributed by atoms with Crippen molar-refractivity contribution in [2.45, 2.75) is 13.8 Å². The average molecular weight is 211 g/mol. The molecule has 1 N–H and O–H groups in total. The Morgan fingerprint density at radius 2 is 1.47 bits per heavy atom. The second-order valence-corrected chi connectivity index (χ2v) is 2.73. The van der Waals surface area contributed by atoms with Gasteiger partial charge in [0.2, 0.25) is 0 Å². The van der Waals surface area contributed by atoms with Gasteiger partial charge in [0.05, 0.1) is 13.2 Å². The number of rotatable bonds is 4. The van der Waals surface area contributed by atoms with Crippen LogP contribution in [0.2, 0.25) is 0 Å². The fraction of sp³-hybridized carbons (Fsp3) is 0.400. The van der Waals surface area contributed by atoms with Crippen molar-refractivity contribution in [3.05, 3.63) is 23.5 Å². The number of aromatic nitrogens is 1. The molecule has 0 radical (unpaired) electrons. The van der Waals surface area contributed by atoms with Crippen LogP contribution in [0.15, 0.2) is 12.1 Å². The van der Waals surface area contributed by atoms with Gasteiger partial charge in [-0.05, 0) is 26.0 Å². The first-order chi connectivity index (χ1) is 7.19. The first-order valence-corrected chi connectivity index (χ1v) is 4.72. The van der Waals surface area contributed by atoms with Crippen LogP contribution in [0.1, 0.15) is 34.8 Å². The van der Waals surface area contributed by atoms with Gasteiger partial charge >= 0.3 is 11.9 Å². The van der Waals surface area contributed by atoms with E-state index in [-0.39, 0.29) is 11.4 Å². The molecule has 0 spiro atoms. The predicted molar refractivity (Wildman–Crippen MR) is 52.7 cm³/mol. The molecule has 0 amide bonds. The summed E-state index contributed by atoms with van der Waals surface area (Å²) in [4.78, 5) is 25.1. The summed E-state index contributed by atoms with van der Waals surface area (Å²) in [6.45, 7) is 4.03. The van der Waals surface area contributed by atoms with Gasteiger partial charge in [-0.25, -0.2) is 9.59 Å². The first kappa shape index (κ1) is 11.3. The van der Waals surface area contributed by atoms with E-state index in [1.807, 2.05) is 0 Å². The van der Waals surface area contributed by atoms with Crippen molar-refractivity contribution in [1.82, 2.24) is 4.98 Å². The van der Waals surface area contributed by atoms with Crippen LogP contribution in [0, 0.1) is 0 Å². The molecule has 1 aromatic rings. The molecule has 82 valence electrons. The molecule has 0 bridgehead atoms. The highest BCUT2D eigenvalue weighted by Crippen LogP contribution is 2.05. The molecule has 0 unspecified atom stereocenters. The quantitative estimate of drug-likeness (QED) is 0.763. The molecule has 0 atom stereocenters. The summed E-state index contributed by atoms with van der Waals surface area (Å²) >= 11 is 0. The molecule has 0 aliphatic rings. The van der Waals surface area contributed by atoms with Crippen LogP contribution in [0.25, 0.3) is 0 Å². The van der Waals surface area contributed by atoms with Crippen molar-refractivity contribution in [2.24, 2.45) is 0 Å². The molecule has 0 saturated heterocycles. The van der Waals surface area contributed by atoms with E-state index in [0.29, 0.717) is 13.2 Å². The summed E-state index contributed by atoms with van der Waals surface area (Å²) in [7, 11) is 0. The first-order valence-electron chi connectivity index (χ1n) is 4.72. The van der Waals surface area contributed by atoms with Gasteiger partial charge in [-0.2, -0.15) is 0 Å². The van der Waals surface area contributed by atoms with Crippen molar-refractivity contribution >= 4 is 11.9 Å². The molecule has 1 aromatic heterocycles.